The molecule has 0 saturated carbocycles. The summed E-state index contributed by atoms with van der Waals surface area (Å²) in [6.45, 7) is 2.31. The minimum absolute atomic E-state index is 0.208. The van der Waals surface area contributed by atoms with Gasteiger partial charge in [0.2, 0.25) is 11.8 Å². The van der Waals surface area contributed by atoms with Crippen molar-refractivity contribution in [1.82, 2.24) is 25.2 Å². The molecule has 150 valence electrons. The number of benzene rings is 2. The monoisotopic (exact) mass is 401 g/mol. The van der Waals surface area contributed by atoms with Crippen molar-refractivity contribution in [1.29, 1.82) is 0 Å². The van der Waals surface area contributed by atoms with Crippen molar-refractivity contribution in [3.8, 4) is 16.9 Å². The fraction of sp³-hybridized carbons (Fsp3) is 0.227. The van der Waals surface area contributed by atoms with Gasteiger partial charge in [0.25, 0.3) is 5.91 Å². The molecule has 0 aliphatic carbocycles. The van der Waals surface area contributed by atoms with Crippen molar-refractivity contribution in [3.63, 3.8) is 0 Å². The standard InChI is InChI=1S/C22H19N5O3/c1-13-5-7-14(8-6-13)17-12-27(25-24-17)18-4-2-3-15-16(18)11-26(22(15)30)19-9-10-20(28)23-21(19)29/h2-8,12,19H,9-11H2,1H3,(H,23,28,29). The molecule has 1 N–H and O–H groups in total. The molecule has 30 heavy (non-hydrogen) atoms. The molecule has 2 aliphatic heterocycles. The van der Waals surface area contributed by atoms with Crippen molar-refractivity contribution in [2.75, 3.05) is 0 Å². The van der Waals surface area contributed by atoms with E-state index in [9.17, 15) is 14.4 Å². The number of carbonyl (C=O) groups is 3. The van der Waals surface area contributed by atoms with Gasteiger partial charge >= 0.3 is 0 Å². The summed E-state index contributed by atoms with van der Waals surface area (Å²) in [4.78, 5) is 38.2. The van der Waals surface area contributed by atoms with Crippen LogP contribution in [0.3, 0.4) is 0 Å². The Kier molecular flexibility index (Phi) is 4.20. The van der Waals surface area contributed by atoms with Gasteiger partial charge in [-0.15, -0.1) is 5.10 Å². The van der Waals surface area contributed by atoms with Crippen molar-refractivity contribution in [2.24, 2.45) is 0 Å². The molecule has 1 aromatic heterocycles. The van der Waals surface area contributed by atoms with Crippen LogP contribution in [0, 0.1) is 6.92 Å². The minimum atomic E-state index is -0.644. The zero-order valence-corrected chi connectivity index (χ0v) is 16.3. The van der Waals surface area contributed by atoms with E-state index in [-0.39, 0.29) is 24.8 Å². The number of aromatic nitrogens is 3. The summed E-state index contributed by atoms with van der Waals surface area (Å²) in [5.74, 6) is -0.927. The van der Waals surface area contributed by atoms with Gasteiger partial charge in [-0.05, 0) is 25.5 Å². The Morgan fingerprint density at radius 3 is 2.63 bits per heavy atom. The molecule has 2 aliphatic rings. The summed E-state index contributed by atoms with van der Waals surface area (Å²) in [6.07, 6.45) is 2.40. The van der Waals surface area contributed by atoms with Gasteiger partial charge < -0.3 is 4.90 Å². The van der Waals surface area contributed by atoms with Crippen molar-refractivity contribution in [3.05, 3.63) is 65.4 Å². The molecule has 5 rings (SSSR count). The van der Waals surface area contributed by atoms with E-state index in [0.29, 0.717) is 12.0 Å². The predicted octanol–water partition coefficient (Wildman–Crippen LogP) is 2.00. The van der Waals surface area contributed by atoms with Gasteiger partial charge in [0, 0.05) is 29.7 Å². The third-order valence-electron chi connectivity index (χ3n) is 5.64. The van der Waals surface area contributed by atoms with Crippen molar-refractivity contribution in [2.45, 2.75) is 32.4 Å². The van der Waals surface area contributed by atoms with Gasteiger partial charge in [-0.25, -0.2) is 4.68 Å². The van der Waals surface area contributed by atoms with Gasteiger partial charge in [-0.1, -0.05) is 41.1 Å². The zero-order valence-electron chi connectivity index (χ0n) is 16.3. The SMILES string of the molecule is Cc1ccc(-c2cn(-c3cccc4c3CN(C3CCC(=O)NC3=O)C4=O)nn2)cc1. The molecule has 1 fully saturated rings. The fourth-order valence-corrected chi connectivity index (χ4v) is 4.02. The summed E-state index contributed by atoms with van der Waals surface area (Å²) in [5, 5.41) is 10.9. The molecule has 1 atom stereocenters. The Labute approximate surface area is 172 Å². The highest BCUT2D eigenvalue weighted by atomic mass is 16.2. The van der Waals surface area contributed by atoms with E-state index in [1.165, 1.54) is 10.5 Å². The third-order valence-corrected chi connectivity index (χ3v) is 5.64. The second-order valence-electron chi connectivity index (χ2n) is 7.62. The van der Waals surface area contributed by atoms with E-state index in [0.717, 1.165) is 22.5 Å². The molecule has 0 bridgehead atoms. The molecule has 0 radical (unpaired) electrons. The van der Waals surface area contributed by atoms with Crippen LogP contribution >= 0.6 is 0 Å². The van der Waals surface area contributed by atoms with E-state index in [4.69, 9.17) is 0 Å². The summed E-state index contributed by atoms with van der Waals surface area (Å²) >= 11 is 0. The highest BCUT2D eigenvalue weighted by Gasteiger charge is 2.40. The second-order valence-corrected chi connectivity index (χ2v) is 7.62. The summed E-state index contributed by atoms with van der Waals surface area (Å²) in [7, 11) is 0. The quantitative estimate of drug-likeness (QED) is 0.677. The maximum Gasteiger partial charge on any atom is 0.255 e. The van der Waals surface area contributed by atoms with Crippen LogP contribution in [-0.2, 0) is 16.1 Å². The molecule has 8 nitrogen and oxygen atoms in total. The molecule has 3 amide bonds. The van der Waals surface area contributed by atoms with Crippen LogP contribution in [0.4, 0.5) is 0 Å². The van der Waals surface area contributed by atoms with Gasteiger partial charge in [-0.3, -0.25) is 19.7 Å². The Bertz CT molecular complexity index is 1180. The van der Waals surface area contributed by atoms with Crippen LogP contribution in [0.25, 0.3) is 16.9 Å². The summed E-state index contributed by atoms with van der Waals surface area (Å²) in [6, 6.07) is 12.8. The summed E-state index contributed by atoms with van der Waals surface area (Å²) < 4.78 is 1.66. The number of rotatable bonds is 3. The number of nitrogens with one attached hydrogen (secondary N) is 1. The number of nitrogens with zero attached hydrogens (tertiary/aromatic N) is 4. The highest BCUT2D eigenvalue weighted by Crippen LogP contribution is 2.31. The van der Waals surface area contributed by atoms with E-state index in [1.54, 1.807) is 16.8 Å². The first-order chi connectivity index (χ1) is 14.5. The molecule has 1 saturated heterocycles. The predicted molar refractivity (Wildman–Crippen MR) is 108 cm³/mol. The number of imide groups is 1. The van der Waals surface area contributed by atoms with E-state index < -0.39 is 11.9 Å². The van der Waals surface area contributed by atoms with Crippen LogP contribution < -0.4 is 5.32 Å². The van der Waals surface area contributed by atoms with Crippen LogP contribution in [0.2, 0.25) is 0 Å². The average Bonchev–Trinajstić information content (AvgIpc) is 3.34. The topological polar surface area (TPSA) is 97.2 Å². The number of hydrogen-bond donors (Lipinski definition) is 1. The number of amides is 3. The van der Waals surface area contributed by atoms with Crippen molar-refractivity contribution >= 4 is 17.7 Å². The number of hydrogen-bond acceptors (Lipinski definition) is 5. The fourth-order valence-electron chi connectivity index (χ4n) is 4.02. The lowest BCUT2D eigenvalue weighted by molar-refractivity contribution is -0.136. The van der Waals surface area contributed by atoms with Crippen LogP contribution in [-0.4, -0.2) is 43.7 Å². The molecular formula is C22H19N5O3. The maximum atomic E-state index is 13.0. The molecule has 8 heteroatoms. The molecule has 0 spiro atoms. The number of aryl methyl sites for hydroxylation is 1. The first-order valence-corrected chi connectivity index (χ1v) is 9.77. The third kappa shape index (κ3) is 2.97. The van der Waals surface area contributed by atoms with Crippen LogP contribution in [0.1, 0.15) is 34.3 Å². The highest BCUT2D eigenvalue weighted by molar-refractivity contribution is 6.05. The van der Waals surface area contributed by atoms with Crippen LogP contribution in [0.15, 0.2) is 48.7 Å². The molecule has 2 aromatic carbocycles. The van der Waals surface area contributed by atoms with E-state index >= 15 is 0 Å². The Morgan fingerprint density at radius 2 is 1.87 bits per heavy atom. The average molecular weight is 401 g/mol. The number of carbonyl (C=O) groups excluding carboxylic acids is 3. The first kappa shape index (κ1) is 18.2. The smallest absolute Gasteiger partial charge is 0.255 e. The molecule has 3 aromatic rings. The lowest BCUT2D eigenvalue weighted by atomic mass is 10.0. The lowest BCUT2D eigenvalue weighted by Gasteiger charge is -2.29. The molecule has 1 unspecified atom stereocenters. The van der Waals surface area contributed by atoms with Gasteiger partial charge in [-0.2, -0.15) is 0 Å². The van der Waals surface area contributed by atoms with Gasteiger partial charge in [0.1, 0.15) is 11.7 Å². The van der Waals surface area contributed by atoms with Crippen molar-refractivity contribution < 1.29 is 14.4 Å². The molecule has 3 heterocycles. The number of fused-ring (bicyclic) bond motifs is 1. The van der Waals surface area contributed by atoms with Crippen LogP contribution in [0.5, 0.6) is 0 Å². The first-order valence-electron chi connectivity index (χ1n) is 9.77. The Hall–Kier alpha value is -3.81. The Morgan fingerprint density at radius 1 is 1.07 bits per heavy atom. The van der Waals surface area contributed by atoms with Gasteiger partial charge in [0.05, 0.1) is 11.9 Å². The molecular weight excluding hydrogens is 382 g/mol. The summed E-state index contributed by atoms with van der Waals surface area (Å²) in [5.41, 5.74) is 4.96. The zero-order chi connectivity index (χ0) is 20.8. The van der Waals surface area contributed by atoms with E-state index in [1.807, 2.05) is 43.5 Å². The Balaban J connectivity index is 1.47. The second kappa shape index (κ2) is 6.91. The minimum Gasteiger partial charge on any atom is -0.322 e. The number of piperidine rings is 1. The lowest BCUT2D eigenvalue weighted by Crippen LogP contribution is -2.52. The normalized spacial score (nSPS) is 18.5. The van der Waals surface area contributed by atoms with E-state index in [2.05, 4.69) is 15.6 Å². The maximum absolute atomic E-state index is 13.0. The van der Waals surface area contributed by atoms with Gasteiger partial charge in [0.15, 0.2) is 0 Å². The largest absolute Gasteiger partial charge is 0.322 e.